The maximum absolute atomic E-state index is 12.6. The molecule has 188 valence electrons. The Bertz CT molecular complexity index is 1230. The number of anilines is 1. The molecule has 4 heterocycles. The Labute approximate surface area is 207 Å². The number of fused-ring (bicyclic) bond motifs is 1. The van der Waals surface area contributed by atoms with E-state index in [1.54, 1.807) is 29.3 Å². The number of carbonyl (C=O) groups excluding carboxylic acids is 1. The summed E-state index contributed by atoms with van der Waals surface area (Å²) in [6.07, 6.45) is 5.82. The van der Waals surface area contributed by atoms with E-state index >= 15 is 0 Å². The molecule has 1 fully saturated rings. The number of amides is 1. The Morgan fingerprint density at radius 2 is 1.58 bits per heavy atom. The third kappa shape index (κ3) is 4.64. The lowest BCUT2D eigenvalue weighted by Gasteiger charge is -2.34. The Balaban J connectivity index is 1.18. The van der Waals surface area contributed by atoms with Crippen molar-refractivity contribution in [3.05, 3.63) is 53.3 Å². The molecule has 1 aliphatic heterocycles. The average molecular weight is 494 g/mol. The molecule has 0 radical (unpaired) electrons. The number of hydrogen-bond donors (Lipinski definition) is 3. The van der Waals surface area contributed by atoms with Crippen molar-refractivity contribution in [2.75, 3.05) is 31.1 Å². The number of rotatable bonds is 5. The molecular weight excluding hydrogens is 466 g/mol. The minimum Gasteiger partial charge on any atom is -0.494 e. The Morgan fingerprint density at radius 3 is 2.14 bits per heavy atom. The highest BCUT2D eigenvalue weighted by atomic mass is 16.6. The van der Waals surface area contributed by atoms with Crippen LogP contribution in [-0.2, 0) is 24.1 Å². The lowest BCUT2D eigenvalue weighted by Crippen LogP contribution is -2.49. The van der Waals surface area contributed by atoms with Crippen LogP contribution in [0.25, 0.3) is 5.69 Å². The van der Waals surface area contributed by atoms with E-state index in [-0.39, 0.29) is 24.1 Å². The molecule has 0 spiro atoms. The van der Waals surface area contributed by atoms with Gasteiger partial charge in [0.25, 0.3) is 0 Å². The molecular formula is C25H27N5O6. The number of carboxylic acid groups (broad SMARTS) is 1. The molecule has 0 unspecified atom stereocenters. The quantitative estimate of drug-likeness (QED) is 0.489. The standard InChI is InChI=1S/C25H27N5O6/c31-22(32)13-16-5-7-20(26-14-16)28-9-11-29(12-10-28)25(35)36-21-8-6-17(15-27-21)30-23(33)18-3-1-2-4-19(18)24(30)34/h5-8,14-15,33-34H,1-4,9-13H2,(H,31,32). The van der Waals surface area contributed by atoms with Gasteiger partial charge in [0.1, 0.15) is 5.82 Å². The summed E-state index contributed by atoms with van der Waals surface area (Å²) in [5, 5.41) is 30.1. The van der Waals surface area contributed by atoms with E-state index in [1.165, 1.54) is 16.8 Å². The molecule has 1 amide bonds. The van der Waals surface area contributed by atoms with Crippen LogP contribution < -0.4 is 9.64 Å². The highest BCUT2D eigenvalue weighted by Gasteiger charge is 2.26. The number of aliphatic carboxylic acids is 1. The second kappa shape index (κ2) is 9.76. The smallest absolute Gasteiger partial charge is 0.416 e. The monoisotopic (exact) mass is 493 g/mol. The molecule has 36 heavy (non-hydrogen) atoms. The summed E-state index contributed by atoms with van der Waals surface area (Å²) in [7, 11) is 0. The average Bonchev–Trinajstić information content (AvgIpc) is 3.15. The van der Waals surface area contributed by atoms with Crippen molar-refractivity contribution in [2.24, 2.45) is 0 Å². The Morgan fingerprint density at radius 1 is 0.889 bits per heavy atom. The molecule has 2 aliphatic rings. The first kappa shape index (κ1) is 23.5. The van der Waals surface area contributed by atoms with Gasteiger partial charge in [-0.25, -0.2) is 19.3 Å². The van der Waals surface area contributed by atoms with Gasteiger partial charge in [0.15, 0.2) is 0 Å². The molecule has 1 aliphatic carbocycles. The van der Waals surface area contributed by atoms with Crippen molar-refractivity contribution in [3.63, 3.8) is 0 Å². The van der Waals surface area contributed by atoms with Crippen LogP contribution in [0.5, 0.6) is 17.6 Å². The number of aromatic hydroxyl groups is 2. The van der Waals surface area contributed by atoms with Crippen LogP contribution in [0, 0.1) is 0 Å². The Kier molecular flexibility index (Phi) is 6.36. The summed E-state index contributed by atoms with van der Waals surface area (Å²) in [4.78, 5) is 35.6. The van der Waals surface area contributed by atoms with Gasteiger partial charge in [-0.05, 0) is 43.4 Å². The zero-order valence-electron chi connectivity index (χ0n) is 19.6. The minimum atomic E-state index is -0.902. The topological polar surface area (TPSA) is 141 Å². The molecule has 0 atom stereocenters. The number of pyridine rings is 2. The third-order valence-electron chi connectivity index (χ3n) is 6.63. The third-order valence-corrected chi connectivity index (χ3v) is 6.63. The molecule has 3 aromatic heterocycles. The second-order valence-electron chi connectivity index (χ2n) is 8.94. The first-order valence-corrected chi connectivity index (χ1v) is 11.9. The van der Waals surface area contributed by atoms with Gasteiger partial charge in [-0.3, -0.25) is 4.79 Å². The SMILES string of the molecule is O=C(O)Cc1ccc(N2CCN(C(=O)Oc3ccc(-n4c(O)c5c(c4O)CCCC5)cn3)CC2)nc1. The zero-order chi connectivity index (χ0) is 25.2. The van der Waals surface area contributed by atoms with Gasteiger partial charge in [0.2, 0.25) is 17.6 Å². The second-order valence-corrected chi connectivity index (χ2v) is 8.94. The van der Waals surface area contributed by atoms with Crippen LogP contribution >= 0.6 is 0 Å². The van der Waals surface area contributed by atoms with Crippen molar-refractivity contribution in [1.82, 2.24) is 19.4 Å². The van der Waals surface area contributed by atoms with Gasteiger partial charge in [-0.15, -0.1) is 0 Å². The van der Waals surface area contributed by atoms with Crippen LogP contribution in [0.1, 0.15) is 29.5 Å². The largest absolute Gasteiger partial charge is 0.494 e. The molecule has 0 saturated carbocycles. The van der Waals surface area contributed by atoms with E-state index in [2.05, 4.69) is 9.97 Å². The van der Waals surface area contributed by atoms with Crippen LogP contribution in [0.3, 0.4) is 0 Å². The summed E-state index contributed by atoms with van der Waals surface area (Å²) in [6, 6.07) is 6.70. The normalized spacial score (nSPS) is 15.4. The van der Waals surface area contributed by atoms with Crippen molar-refractivity contribution in [1.29, 1.82) is 0 Å². The van der Waals surface area contributed by atoms with E-state index in [4.69, 9.17) is 9.84 Å². The summed E-state index contributed by atoms with van der Waals surface area (Å²) < 4.78 is 6.80. The predicted octanol–water partition coefficient (Wildman–Crippen LogP) is 2.51. The summed E-state index contributed by atoms with van der Waals surface area (Å²) in [6.45, 7) is 1.99. The minimum absolute atomic E-state index is 0.0256. The van der Waals surface area contributed by atoms with E-state index in [9.17, 15) is 19.8 Å². The van der Waals surface area contributed by atoms with Gasteiger partial charge >= 0.3 is 12.1 Å². The fourth-order valence-corrected chi connectivity index (χ4v) is 4.73. The number of piperazine rings is 1. The van der Waals surface area contributed by atoms with Crippen molar-refractivity contribution >= 4 is 17.9 Å². The van der Waals surface area contributed by atoms with Gasteiger partial charge in [0.05, 0.1) is 18.3 Å². The lowest BCUT2D eigenvalue weighted by molar-refractivity contribution is -0.136. The molecule has 11 nitrogen and oxygen atoms in total. The molecule has 3 aromatic rings. The number of aromatic nitrogens is 3. The first-order chi connectivity index (χ1) is 17.4. The molecule has 11 heteroatoms. The number of ether oxygens (including phenoxy) is 1. The molecule has 5 rings (SSSR count). The molecule has 0 bridgehead atoms. The van der Waals surface area contributed by atoms with Crippen molar-refractivity contribution < 1.29 is 29.6 Å². The number of carbonyl (C=O) groups is 2. The summed E-state index contributed by atoms with van der Waals surface area (Å²) in [5.41, 5.74) is 2.67. The predicted molar refractivity (Wildman–Crippen MR) is 129 cm³/mol. The van der Waals surface area contributed by atoms with Crippen molar-refractivity contribution in [3.8, 4) is 23.3 Å². The lowest BCUT2D eigenvalue weighted by atomic mass is 9.95. The van der Waals surface area contributed by atoms with Crippen LogP contribution in [0.4, 0.5) is 10.6 Å². The van der Waals surface area contributed by atoms with E-state index in [0.717, 1.165) is 42.6 Å². The number of nitrogens with zero attached hydrogens (tertiary/aromatic N) is 5. The zero-order valence-corrected chi connectivity index (χ0v) is 19.6. The highest BCUT2D eigenvalue weighted by Crippen LogP contribution is 2.40. The van der Waals surface area contributed by atoms with Gasteiger partial charge in [0, 0.05) is 49.6 Å². The van der Waals surface area contributed by atoms with E-state index in [1.807, 2.05) is 4.90 Å². The molecule has 0 aromatic carbocycles. The van der Waals surface area contributed by atoms with Gasteiger partial charge in [-0.2, -0.15) is 0 Å². The maximum atomic E-state index is 12.6. The summed E-state index contributed by atoms with van der Waals surface area (Å²) in [5.74, 6) is 0.00108. The molecule has 1 saturated heterocycles. The van der Waals surface area contributed by atoms with E-state index in [0.29, 0.717) is 37.4 Å². The fourth-order valence-electron chi connectivity index (χ4n) is 4.73. The van der Waals surface area contributed by atoms with Crippen molar-refractivity contribution in [2.45, 2.75) is 32.1 Å². The molecule has 3 N–H and O–H groups in total. The summed E-state index contributed by atoms with van der Waals surface area (Å²) >= 11 is 0. The van der Waals surface area contributed by atoms with Gasteiger partial charge < -0.3 is 29.9 Å². The first-order valence-electron chi connectivity index (χ1n) is 11.9. The fraction of sp³-hybridized carbons (Fsp3) is 0.360. The van der Waals surface area contributed by atoms with Gasteiger partial charge in [-0.1, -0.05) is 6.07 Å². The maximum Gasteiger partial charge on any atom is 0.416 e. The van der Waals surface area contributed by atoms with Crippen LogP contribution in [-0.4, -0.2) is 73.0 Å². The number of hydrogen-bond acceptors (Lipinski definition) is 8. The highest BCUT2D eigenvalue weighted by molar-refractivity contribution is 5.71. The number of carboxylic acids is 1. The van der Waals surface area contributed by atoms with E-state index < -0.39 is 12.1 Å². The van der Waals surface area contributed by atoms with Crippen LogP contribution in [0.15, 0.2) is 36.7 Å². The Hall–Kier alpha value is -4.28. The van der Waals surface area contributed by atoms with Crippen LogP contribution in [0.2, 0.25) is 0 Å².